The van der Waals surface area contributed by atoms with Crippen LogP contribution < -0.4 is 5.32 Å². The van der Waals surface area contributed by atoms with E-state index >= 15 is 0 Å². The molecule has 1 aliphatic rings. The summed E-state index contributed by atoms with van der Waals surface area (Å²) in [7, 11) is 0. The highest BCUT2D eigenvalue weighted by atomic mass is 16.5. The van der Waals surface area contributed by atoms with Crippen LogP contribution in [-0.4, -0.2) is 53.4 Å². The van der Waals surface area contributed by atoms with Crippen LogP contribution in [0.25, 0.3) is 28.2 Å². The van der Waals surface area contributed by atoms with Crippen LogP contribution >= 0.6 is 0 Å². The van der Waals surface area contributed by atoms with Crippen LogP contribution in [0.3, 0.4) is 0 Å². The first-order chi connectivity index (χ1) is 17.6. The van der Waals surface area contributed by atoms with Gasteiger partial charge in [0.1, 0.15) is 11.5 Å². The predicted octanol–water partition coefficient (Wildman–Crippen LogP) is 4.61. The van der Waals surface area contributed by atoms with Gasteiger partial charge in [-0.3, -0.25) is 9.38 Å². The van der Waals surface area contributed by atoms with Crippen molar-refractivity contribution < 1.29 is 4.74 Å². The number of ether oxygens (including phenoxy) is 1. The third-order valence-corrected chi connectivity index (χ3v) is 6.73. The van der Waals surface area contributed by atoms with Gasteiger partial charge in [-0.15, -0.1) is 10.2 Å². The molecule has 0 aliphatic carbocycles. The van der Waals surface area contributed by atoms with Crippen molar-refractivity contribution in [2.45, 2.75) is 52.1 Å². The second-order valence-corrected chi connectivity index (χ2v) is 9.69. The summed E-state index contributed by atoms with van der Waals surface area (Å²) in [5.41, 5.74) is 5.79. The zero-order valence-electron chi connectivity index (χ0n) is 20.8. The Morgan fingerprint density at radius 3 is 2.72 bits per heavy atom. The second kappa shape index (κ2) is 9.31. The number of aryl methyl sites for hydroxylation is 1. The van der Waals surface area contributed by atoms with Gasteiger partial charge in [0.05, 0.1) is 23.3 Å². The fraction of sp³-hybridized carbons (Fsp3) is 0.370. The van der Waals surface area contributed by atoms with E-state index in [-0.39, 0.29) is 6.04 Å². The molecule has 0 saturated carbocycles. The number of hydrogen-bond donors (Lipinski definition) is 1. The Hall–Kier alpha value is -3.85. The Morgan fingerprint density at radius 1 is 1.08 bits per heavy atom. The van der Waals surface area contributed by atoms with Crippen LogP contribution in [0.2, 0.25) is 0 Å². The highest BCUT2D eigenvalue weighted by molar-refractivity contribution is 5.81. The number of aromatic nitrogens is 7. The number of imidazole rings is 1. The summed E-state index contributed by atoms with van der Waals surface area (Å²) < 4.78 is 9.80. The van der Waals surface area contributed by atoms with Gasteiger partial charge in [-0.25, -0.2) is 9.97 Å². The highest BCUT2D eigenvalue weighted by Crippen LogP contribution is 2.32. The molecule has 6 rings (SSSR count). The minimum Gasteiger partial charge on any atom is -0.381 e. The van der Waals surface area contributed by atoms with Gasteiger partial charge in [0, 0.05) is 31.6 Å². The van der Waals surface area contributed by atoms with E-state index in [1.165, 1.54) is 5.56 Å². The lowest BCUT2D eigenvalue weighted by Gasteiger charge is -2.22. The van der Waals surface area contributed by atoms with Crippen molar-refractivity contribution in [1.29, 1.82) is 0 Å². The van der Waals surface area contributed by atoms with Gasteiger partial charge in [-0.2, -0.15) is 0 Å². The van der Waals surface area contributed by atoms with Gasteiger partial charge in [0.25, 0.3) is 0 Å². The Labute approximate surface area is 209 Å². The van der Waals surface area contributed by atoms with Gasteiger partial charge < -0.3 is 14.6 Å². The molecule has 184 valence electrons. The second-order valence-electron chi connectivity index (χ2n) is 9.69. The van der Waals surface area contributed by atoms with Crippen molar-refractivity contribution in [3.8, 4) is 11.5 Å². The van der Waals surface area contributed by atoms with E-state index in [1.807, 2.05) is 41.9 Å². The molecule has 5 heterocycles. The molecule has 1 aromatic carbocycles. The molecule has 1 aliphatic heterocycles. The monoisotopic (exact) mass is 482 g/mol. The average Bonchev–Trinajstić information content (AvgIpc) is 3.45. The number of nitrogens with zero attached hydrogens (tertiary/aromatic N) is 7. The van der Waals surface area contributed by atoms with E-state index in [0.717, 1.165) is 60.1 Å². The smallest absolute Gasteiger partial charge is 0.203 e. The Morgan fingerprint density at radius 2 is 1.94 bits per heavy atom. The molecule has 9 nitrogen and oxygen atoms in total. The van der Waals surface area contributed by atoms with Gasteiger partial charge in [0.2, 0.25) is 5.65 Å². The first kappa shape index (κ1) is 22.6. The summed E-state index contributed by atoms with van der Waals surface area (Å²) in [4.78, 5) is 14.6. The van der Waals surface area contributed by atoms with E-state index in [9.17, 15) is 0 Å². The zero-order valence-corrected chi connectivity index (χ0v) is 20.8. The number of pyridine rings is 1. The average molecular weight is 483 g/mol. The van der Waals surface area contributed by atoms with Crippen LogP contribution in [0.4, 0.5) is 5.82 Å². The van der Waals surface area contributed by atoms with Gasteiger partial charge in [-0.1, -0.05) is 12.1 Å². The van der Waals surface area contributed by atoms with Crippen LogP contribution in [0.1, 0.15) is 49.7 Å². The summed E-state index contributed by atoms with van der Waals surface area (Å²) in [5, 5.41) is 12.1. The van der Waals surface area contributed by atoms with Crippen molar-refractivity contribution in [2.24, 2.45) is 0 Å². The Bertz CT molecular complexity index is 1520. The maximum atomic E-state index is 5.60. The largest absolute Gasteiger partial charge is 0.381 e. The minimum absolute atomic E-state index is 0.197. The standard InChI is InChI=1S/C27H30N8O/c1-17(2)29-25-27-33-32-18(3)34(27)16-23(30-25)26-31-22-8-7-20(19-9-12-36-13-10-19)14-24(22)35(26)15-21-6-4-5-11-28-21/h4-8,11,14,16-17,19H,9-10,12-13,15H2,1-3H3,(H,29,30). The maximum absolute atomic E-state index is 5.60. The molecular weight excluding hydrogens is 452 g/mol. The van der Waals surface area contributed by atoms with Crippen molar-refractivity contribution in [3.05, 3.63) is 65.9 Å². The molecule has 1 saturated heterocycles. The van der Waals surface area contributed by atoms with Gasteiger partial charge in [-0.05, 0) is 69.4 Å². The third-order valence-electron chi connectivity index (χ3n) is 6.73. The number of benzene rings is 1. The molecule has 0 amide bonds. The number of nitrogens with one attached hydrogen (secondary N) is 1. The van der Waals surface area contributed by atoms with Crippen LogP contribution in [0, 0.1) is 6.92 Å². The van der Waals surface area contributed by atoms with Gasteiger partial charge >= 0.3 is 0 Å². The number of rotatable bonds is 6. The molecule has 1 fully saturated rings. The van der Waals surface area contributed by atoms with Crippen LogP contribution in [-0.2, 0) is 11.3 Å². The predicted molar refractivity (Wildman–Crippen MR) is 139 cm³/mol. The molecule has 36 heavy (non-hydrogen) atoms. The summed E-state index contributed by atoms with van der Waals surface area (Å²) in [6, 6.07) is 12.8. The SMILES string of the molecule is Cc1nnc2c(NC(C)C)nc(-c3nc4ccc(C5CCOCC5)cc4n3Cc3ccccn3)cn12. The van der Waals surface area contributed by atoms with Crippen LogP contribution in [0.5, 0.6) is 0 Å². The molecule has 0 atom stereocenters. The molecule has 0 unspecified atom stereocenters. The van der Waals surface area contributed by atoms with Crippen LogP contribution in [0.15, 0.2) is 48.8 Å². The zero-order chi connectivity index (χ0) is 24.6. The van der Waals surface area contributed by atoms with Crippen molar-refractivity contribution in [3.63, 3.8) is 0 Å². The van der Waals surface area contributed by atoms with E-state index in [2.05, 4.69) is 57.1 Å². The molecule has 9 heteroatoms. The fourth-order valence-corrected chi connectivity index (χ4v) is 4.92. The first-order valence-electron chi connectivity index (χ1n) is 12.5. The summed E-state index contributed by atoms with van der Waals surface area (Å²) in [5.74, 6) is 2.79. The fourth-order valence-electron chi connectivity index (χ4n) is 4.92. The Kier molecular flexibility index (Phi) is 5.85. The molecule has 4 aromatic heterocycles. The number of hydrogen-bond acceptors (Lipinski definition) is 7. The number of fused-ring (bicyclic) bond motifs is 2. The normalized spacial score (nSPS) is 14.8. The lowest BCUT2D eigenvalue weighted by atomic mass is 9.91. The lowest BCUT2D eigenvalue weighted by molar-refractivity contribution is 0.0853. The molecule has 0 spiro atoms. The first-order valence-corrected chi connectivity index (χ1v) is 12.5. The summed E-state index contributed by atoms with van der Waals surface area (Å²) >= 11 is 0. The lowest BCUT2D eigenvalue weighted by Crippen LogP contribution is -2.14. The van der Waals surface area contributed by atoms with E-state index in [4.69, 9.17) is 14.7 Å². The van der Waals surface area contributed by atoms with E-state index < -0.39 is 0 Å². The minimum atomic E-state index is 0.197. The molecule has 5 aromatic rings. The third kappa shape index (κ3) is 4.19. The van der Waals surface area contributed by atoms with Crippen molar-refractivity contribution in [1.82, 2.24) is 34.1 Å². The quantitative estimate of drug-likeness (QED) is 0.378. The molecule has 0 radical (unpaired) electrons. The van der Waals surface area contributed by atoms with E-state index in [0.29, 0.717) is 23.9 Å². The number of anilines is 1. The molecule has 0 bridgehead atoms. The topological polar surface area (TPSA) is 95.0 Å². The Balaban J connectivity index is 1.54. The van der Waals surface area contributed by atoms with Crippen molar-refractivity contribution in [2.75, 3.05) is 18.5 Å². The molecule has 1 N–H and O–H groups in total. The maximum Gasteiger partial charge on any atom is 0.203 e. The highest BCUT2D eigenvalue weighted by Gasteiger charge is 2.21. The van der Waals surface area contributed by atoms with E-state index in [1.54, 1.807) is 0 Å². The summed E-state index contributed by atoms with van der Waals surface area (Å²) in [6.07, 6.45) is 5.90. The summed E-state index contributed by atoms with van der Waals surface area (Å²) in [6.45, 7) is 8.34. The molecular formula is C27H30N8O. The van der Waals surface area contributed by atoms with Gasteiger partial charge in [0.15, 0.2) is 11.6 Å². The van der Waals surface area contributed by atoms with Crippen molar-refractivity contribution >= 4 is 22.5 Å².